The topological polar surface area (TPSA) is 41.1 Å². The maximum atomic E-state index is 12.0. The third-order valence-corrected chi connectivity index (χ3v) is 2.86. The van der Waals surface area contributed by atoms with Crippen LogP contribution in [0, 0.1) is 0 Å². The van der Waals surface area contributed by atoms with Crippen LogP contribution in [0.15, 0.2) is 24.3 Å². The number of benzene rings is 1. The summed E-state index contributed by atoms with van der Waals surface area (Å²) in [5, 5.41) is 4.83. The zero-order chi connectivity index (χ0) is 13.2. The molecule has 1 aromatic carbocycles. The Labute approximate surface area is 115 Å². The molecular weight excluding hydrogens is 281 g/mol. The van der Waals surface area contributed by atoms with Crippen molar-refractivity contribution >= 4 is 18.3 Å². The van der Waals surface area contributed by atoms with Crippen molar-refractivity contribution in [2.45, 2.75) is 25.2 Å². The van der Waals surface area contributed by atoms with Gasteiger partial charge in [-0.05, 0) is 17.5 Å². The lowest BCUT2D eigenvalue weighted by Crippen LogP contribution is -2.49. The van der Waals surface area contributed by atoms with Gasteiger partial charge in [-0.25, -0.2) is 0 Å². The molecule has 0 aromatic heterocycles. The Hall–Kier alpha value is -1.27. The van der Waals surface area contributed by atoms with Crippen molar-refractivity contribution in [3.63, 3.8) is 0 Å². The van der Waals surface area contributed by atoms with E-state index in [9.17, 15) is 18.0 Å². The quantitative estimate of drug-likeness (QED) is 0.873. The Balaban J connectivity index is 0.00000180. The number of hydrogen-bond acceptors (Lipinski definition) is 2. The summed E-state index contributed by atoms with van der Waals surface area (Å²) in [6.45, 7) is -0.786. The SMILES string of the molecule is Cl.O=C(NCC(F)(F)F)C1Cc2ccccc2CN1. The van der Waals surface area contributed by atoms with Crippen LogP contribution in [0.1, 0.15) is 11.1 Å². The van der Waals surface area contributed by atoms with Crippen molar-refractivity contribution < 1.29 is 18.0 Å². The highest BCUT2D eigenvalue weighted by atomic mass is 35.5. The third-order valence-electron chi connectivity index (χ3n) is 2.86. The molecule has 0 aliphatic carbocycles. The summed E-state index contributed by atoms with van der Waals surface area (Å²) in [5.74, 6) is -0.609. The summed E-state index contributed by atoms with van der Waals surface area (Å²) in [5.41, 5.74) is 2.08. The van der Waals surface area contributed by atoms with E-state index in [4.69, 9.17) is 0 Å². The molecule has 1 amide bonds. The molecule has 0 saturated carbocycles. The maximum Gasteiger partial charge on any atom is 0.405 e. The summed E-state index contributed by atoms with van der Waals surface area (Å²) < 4.78 is 36.0. The first-order valence-electron chi connectivity index (χ1n) is 5.60. The molecule has 1 heterocycles. The monoisotopic (exact) mass is 294 g/mol. The van der Waals surface area contributed by atoms with Crippen molar-refractivity contribution in [3.05, 3.63) is 35.4 Å². The van der Waals surface area contributed by atoms with E-state index in [2.05, 4.69) is 5.32 Å². The second-order valence-corrected chi connectivity index (χ2v) is 4.24. The number of alkyl halides is 3. The summed E-state index contributed by atoms with van der Waals surface area (Å²) in [6.07, 6.45) is -3.96. The van der Waals surface area contributed by atoms with E-state index in [-0.39, 0.29) is 12.4 Å². The number of amides is 1. The Kier molecular flexibility index (Phi) is 5.20. The number of halogens is 4. The normalized spacial score (nSPS) is 18.2. The van der Waals surface area contributed by atoms with Crippen LogP contribution in [0.3, 0.4) is 0 Å². The standard InChI is InChI=1S/C12H13F3N2O.ClH/c13-12(14,15)7-17-11(18)10-5-8-3-1-2-4-9(8)6-16-10;/h1-4,10,16H,5-7H2,(H,17,18);1H. The van der Waals surface area contributed by atoms with Crippen molar-refractivity contribution in [2.75, 3.05) is 6.54 Å². The molecule has 0 saturated heterocycles. The van der Waals surface area contributed by atoms with Gasteiger partial charge in [0.2, 0.25) is 5.91 Å². The van der Waals surface area contributed by atoms with E-state index >= 15 is 0 Å². The lowest BCUT2D eigenvalue weighted by Gasteiger charge is -2.25. The summed E-state index contributed by atoms with van der Waals surface area (Å²) in [4.78, 5) is 11.6. The van der Waals surface area contributed by atoms with Crippen LogP contribution in [0.4, 0.5) is 13.2 Å². The molecule has 2 rings (SSSR count). The largest absolute Gasteiger partial charge is 0.405 e. The highest BCUT2D eigenvalue weighted by Crippen LogP contribution is 2.17. The fourth-order valence-corrected chi connectivity index (χ4v) is 1.95. The van der Waals surface area contributed by atoms with Crippen molar-refractivity contribution in [1.29, 1.82) is 0 Å². The van der Waals surface area contributed by atoms with Gasteiger partial charge in [0, 0.05) is 6.54 Å². The van der Waals surface area contributed by atoms with Gasteiger partial charge >= 0.3 is 6.18 Å². The Morgan fingerprint density at radius 1 is 1.32 bits per heavy atom. The van der Waals surface area contributed by atoms with Gasteiger partial charge in [-0.15, -0.1) is 12.4 Å². The molecule has 2 N–H and O–H groups in total. The lowest BCUT2D eigenvalue weighted by atomic mass is 9.95. The molecule has 1 aliphatic heterocycles. The zero-order valence-corrected chi connectivity index (χ0v) is 10.8. The molecule has 0 spiro atoms. The Morgan fingerprint density at radius 3 is 2.58 bits per heavy atom. The van der Waals surface area contributed by atoms with E-state index in [0.717, 1.165) is 11.1 Å². The fourth-order valence-electron chi connectivity index (χ4n) is 1.95. The van der Waals surface area contributed by atoms with Crippen LogP contribution < -0.4 is 10.6 Å². The molecule has 0 fully saturated rings. The van der Waals surface area contributed by atoms with Gasteiger partial charge in [0.1, 0.15) is 6.54 Å². The van der Waals surface area contributed by atoms with Gasteiger partial charge in [-0.1, -0.05) is 24.3 Å². The number of nitrogens with one attached hydrogen (secondary N) is 2. The smallest absolute Gasteiger partial charge is 0.346 e. The minimum atomic E-state index is -4.37. The highest BCUT2D eigenvalue weighted by Gasteiger charge is 2.30. The van der Waals surface area contributed by atoms with Crippen LogP contribution in [-0.2, 0) is 17.8 Å². The van der Waals surface area contributed by atoms with Crippen LogP contribution in [0.25, 0.3) is 0 Å². The lowest BCUT2D eigenvalue weighted by molar-refractivity contribution is -0.139. The molecule has 1 atom stereocenters. The summed E-state index contributed by atoms with van der Waals surface area (Å²) in [7, 11) is 0. The summed E-state index contributed by atoms with van der Waals surface area (Å²) >= 11 is 0. The van der Waals surface area contributed by atoms with Gasteiger partial charge in [0.05, 0.1) is 6.04 Å². The molecule has 1 aliphatic rings. The van der Waals surface area contributed by atoms with E-state index in [1.165, 1.54) is 0 Å². The van der Waals surface area contributed by atoms with Crippen LogP contribution in [0.2, 0.25) is 0 Å². The molecule has 19 heavy (non-hydrogen) atoms. The van der Waals surface area contributed by atoms with Crippen molar-refractivity contribution in [2.24, 2.45) is 0 Å². The first-order chi connectivity index (χ1) is 8.46. The third kappa shape index (κ3) is 4.40. The van der Waals surface area contributed by atoms with E-state index in [0.29, 0.717) is 13.0 Å². The Bertz CT molecular complexity index is 451. The van der Waals surface area contributed by atoms with Gasteiger partial charge in [0.15, 0.2) is 0 Å². The average molecular weight is 295 g/mol. The minimum absolute atomic E-state index is 0. The van der Waals surface area contributed by atoms with Crippen LogP contribution in [0.5, 0.6) is 0 Å². The number of carbonyl (C=O) groups excluding carboxylic acids is 1. The molecule has 7 heteroatoms. The predicted octanol–water partition coefficient (Wildman–Crippen LogP) is 1.80. The van der Waals surface area contributed by atoms with Gasteiger partial charge < -0.3 is 10.6 Å². The van der Waals surface area contributed by atoms with Crippen LogP contribution in [-0.4, -0.2) is 24.7 Å². The molecule has 3 nitrogen and oxygen atoms in total. The van der Waals surface area contributed by atoms with Crippen molar-refractivity contribution in [3.8, 4) is 0 Å². The zero-order valence-electron chi connectivity index (χ0n) is 9.96. The predicted molar refractivity (Wildman–Crippen MR) is 67.1 cm³/mol. The number of carbonyl (C=O) groups is 1. The van der Waals surface area contributed by atoms with E-state index < -0.39 is 24.7 Å². The number of rotatable bonds is 2. The average Bonchev–Trinajstić information content (AvgIpc) is 2.34. The molecule has 0 radical (unpaired) electrons. The first kappa shape index (κ1) is 15.8. The van der Waals surface area contributed by atoms with Crippen molar-refractivity contribution in [1.82, 2.24) is 10.6 Å². The first-order valence-corrected chi connectivity index (χ1v) is 5.60. The van der Waals surface area contributed by atoms with Crippen LogP contribution >= 0.6 is 12.4 Å². The van der Waals surface area contributed by atoms with E-state index in [1.54, 1.807) is 0 Å². The minimum Gasteiger partial charge on any atom is -0.346 e. The van der Waals surface area contributed by atoms with Gasteiger partial charge in [0.25, 0.3) is 0 Å². The fraction of sp³-hybridized carbons (Fsp3) is 0.417. The molecular formula is C12H14ClF3N2O. The second kappa shape index (κ2) is 6.25. The number of hydrogen-bond donors (Lipinski definition) is 2. The van der Waals surface area contributed by atoms with Gasteiger partial charge in [-0.3, -0.25) is 4.79 Å². The molecule has 106 valence electrons. The molecule has 0 bridgehead atoms. The highest BCUT2D eigenvalue weighted by molar-refractivity contribution is 5.85. The number of fused-ring (bicyclic) bond motifs is 1. The van der Waals surface area contributed by atoms with E-state index in [1.807, 2.05) is 29.6 Å². The summed E-state index contributed by atoms with van der Waals surface area (Å²) in [6, 6.07) is 6.98. The molecule has 1 aromatic rings. The second-order valence-electron chi connectivity index (χ2n) is 4.24. The maximum absolute atomic E-state index is 12.0. The molecule has 1 unspecified atom stereocenters. The van der Waals surface area contributed by atoms with Gasteiger partial charge in [-0.2, -0.15) is 13.2 Å². The Morgan fingerprint density at radius 2 is 1.95 bits per heavy atom.